The summed E-state index contributed by atoms with van der Waals surface area (Å²) in [5, 5.41) is 5.88. The highest BCUT2D eigenvalue weighted by Gasteiger charge is 2.30. The van der Waals surface area contributed by atoms with Crippen LogP contribution in [0.2, 0.25) is 0 Å². The topological polar surface area (TPSA) is 58.2 Å². The Morgan fingerprint density at radius 1 is 1.44 bits per heavy atom. The number of hydrogen-bond donors (Lipinski definition) is 2. The predicted molar refractivity (Wildman–Crippen MR) is 69.3 cm³/mol. The number of carbonyl (C=O) groups excluding carboxylic acids is 2. The molecule has 1 heterocycles. The van der Waals surface area contributed by atoms with Crippen LogP contribution in [-0.2, 0) is 9.59 Å². The molecule has 0 unspecified atom stereocenters. The average molecular weight is 246 g/mol. The molecule has 4 nitrogen and oxygen atoms in total. The molecule has 1 aromatic carbocycles. The lowest BCUT2D eigenvalue weighted by molar-refractivity contribution is -0.125. The van der Waals surface area contributed by atoms with Gasteiger partial charge in [-0.2, -0.15) is 0 Å². The molecule has 1 fully saturated rings. The van der Waals surface area contributed by atoms with E-state index in [1.165, 1.54) is 5.56 Å². The summed E-state index contributed by atoms with van der Waals surface area (Å²) in [7, 11) is 0. The largest absolute Gasteiger partial charge is 0.346 e. The summed E-state index contributed by atoms with van der Waals surface area (Å²) in [5.41, 5.74) is 1.25. The lowest BCUT2D eigenvalue weighted by Gasteiger charge is -2.13. The molecule has 2 N–H and O–H groups in total. The van der Waals surface area contributed by atoms with Gasteiger partial charge < -0.3 is 15.4 Å². The quantitative estimate of drug-likeness (QED) is 0.774. The van der Waals surface area contributed by atoms with E-state index in [0.717, 1.165) is 19.3 Å². The van der Waals surface area contributed by atoms with Crippen LogP contribution < -0.4 is 10.6 Å². The molecule has 1 saturated heterocycles. The van der Waals surface area contributed by atoms with Crippen LogP contribution in [0, 0.1) is 0 Å². The van der Waals surface area contributed by atoms with E-state index in [0.29, 0.717) is 5.92 Å². The molecule has 3 atom stereocenters. The van der Waals surface area contributed by atoms with Gasteiger partial charge in [-0.3, -0.25) is 4.79 Å². The van der Waals surface area contributed by atoms with Gasteiger partial charge in [-0.1, -0.05) is 30.3 Å². The summed E-state index contributed by atoms with van der Waals surface area (Å²) in [4.78, 5) is 22.4. The molecular weight excluding hydrogens is 228 g/mol. The van der Waals surface area contributed by atoms with Crippen molar-refractivity contribution in [3.05, 3.63) is 35.9 Å². The van der Waals surface area contributed by atoms with Gasteiger partial charge in [0.15, 0.2) is 0 Å². The van der Waals surface area contributed by atoms with Crippen molar-refractivity contribution in [2.75, 3.05) is 6.54 Å². The summed E-state index contributed by atoms with van der Waals surface area (Å²) in [6, 6.07) is 9.56. The molecule has 0 radical (unpaired) electrons. The van der Waals surface area contributed by atoms with Crippen LogP contribution in [0.25, 0.3) is 0 Å². The second-order valence-corrected chi connectivity index (χ2v) is 4.74. The molecule has 1 aromatic rings. The van der Waals surface area contributed by atoms with Crippen LogP contribution in [0.15, 0.2) is 30.3 Å². The van der Waals surface area contributed by atoms with Crippen molar-refractivity contribution in [1.29, 1.82) is 0 Å². The average Bonchev–Trinajstić information content (AvgIpc) is 2.89. The maximum absolute atomic E-state index is 11.9. The minimum Gasteiger partial charge on any atom is -0.346 e. The SMILES string of the molecule is C[C@@H](C=O)NC(=O)[C@H]1C[C@H](c2ccccc2)CN1. The lowest BCUT2D eigenvalue weighted by Crippen LogP contribution is -2.44. The number of rotatable bonds is 4. The molecule has 2 rings (SSSR count). The van der Waals surface area contributed by atoms with Crippen LogP contribution in [0.4, 0.5) is 0 Å². The molecule has 0 aromatic heterocycles. The maximum Gasteiger partial charge on any atom is 0.237 e. The summed E-state index contributed by atoms with van der Waals surface area (Å²) < 4.78 is 0. The summed E-state index contributed by atoms with van der Waals surface area (Å²) in [6.07, 6.45) is 1.52. The van der Waals surface area contributed by atoms with Crippen molar-refractivity contribution < 1.29 is 9.59 Å². The molecule has 1 amide bonds. The zero-order valence-electron chi connectivity index (χ0n) is 10.4. The zero-order chi connectivity index (χ0) is 13.0. The third-order valence-electron chi connectivity index (χ3n) is 3.29. The first-order valence-corrected chi connectivity index (χ1v) is 6.24. The maximum atomic E-state index is 11.9. The summed E-state index contributed by atoms with van der Waals surface area (Å²) >= 11 is 0. The first-order chi connectivity index (χ1) is 8.70. The number of hydrogen-bond acceptors (Lipinski definition) is 3. The number of benzene rings is 1. The van der Waals surface area contributed by atoms with E-state index >= 15 is 0 Å². The number of amides is 1. The normalized spacial score (nSPS) is 24.5. The van der Waals surface area contributed by atoms with E-state index in [1.54, 1.807) is 6.92 Å². The van der Waals surface area contributed by atoms with E-state index in [1.807, 2.05) is 18.2 Å². The smallest absolute Gasteiger partial charge is 0.237 e. The highest BCUT2D eigenvalue weighted by molar-refractivity contribution is 5.84. The molecule has 0 saturated carbocycles. The number of aldehydes is 1. The van der Waals surface area contributed by atoms with E-state index < -0.39 is 6.04 Å². The van der Waals surface area contributed by atoms with Crippen LogP contribution >= 0.6 is 0 Å². The fraction of sp³-hybridized carbons (Fsp3) is 0.429. The Hall–Kier alpha value is -1.68. The van der Waals surface area contributed by atoms with Crippen LogP contribution in [0.5, 0.6) is 0 Å². The molecule has 4 heteroatoms. The Balaban J connectivity index is 1.92. The fourth-order valence-electron chi connectivity index (χ4n) is 2.27. The zero-order valence-corrected chi connectivity index (χ0v) is 10.4. The van der Waals surface area contributed by atoms with Gasteiger partial charge in [0.1, 0.15) is 6.29 Å². The lowest BCUT2D eigenvalue weighted by atomic mass is 9.96. The van der Waals surface area contributed by atoms with E-state index in [2.05, 4.69) is 22.8 Å². The van der Waals surface area contributed by atoms with Crippen LogP contribution in [0.1, 0.15) is 24.8 Å². The molecule has 0 spiro atoms. The van der Waals surface area contributed by atoms with E-state index in [-0.39, 0.29) is 11.9 Å². The second-order valence-electron chi connectivity index (χ2n) is 4.74. The van der Waals surface area contributed by atoms with Gasteiger partial charge in [0.05, 0.1) is 12.1 Å². The highest BCUT2D eigenvalue weighted by atomic mass is 16.2. The molecule has 0 bridgehead atoms. The van der Waals surface area contributed by atoms with Crippen molar-refractivity contribution in [2.45, 2.75) is 31.3 Å². The van der Waals surface area contributed by atoms with Gasteiger partial charge in [-0.15, -0.1) is 0 Å². The molecule has 18 heavy (non-hydrogen) atoms. The van der Waals surface area contributed by atoms with E-state index in [4.69, 9.17) is 0 Å². The van der Waals surface area contributed by atoms with Gasteiger partial charge in [0, 0.05) is 6.54 Å². The van der Waals surface area contributed by atoms with Crippen molar-refractivity contribution in [1.82, 2.24) is 10.6 Å². The number of carbonyl (C=O) groups is 2. The Kier molecular flexibility index (Phi) is 4.10. The first kappa shape index (κ1) is 12.8. The monoisotopic (exact) mass is 246 g/mol. The van der Waals surface area contributed by atoms with Crippen LogP contribution in [0.3, 0.4) is 0 Å². The highest BCUT2D eigenvalue weighted by Crippen LogP contribution is 2.25. The third kappa shape index (κ3) is 2.96. The minimum absolute atomic E-state index is 0.0898. The molecule has 96 valence electrons. The van der Waals surface area contributed by atoms with Gasteiger partial charge in [-0.05, 0) is 24.8 Å². The van der Waals surface area contributed by atoms with Gasteiger partial charge in [0.25, 0.3) is 0 Å². The predicted octanol–water partition coefficient (Wildman–Crippen LogP) is 0.836. The summed E-state index contributed by atoms with van der Waals surface area (Å²) in [5.74, 6) is 0.279. The second kappa shape index (κ2) is 5.78. The van der Waals surface area contributed by atoms with Gasteiger partial charge in [0.2, 0.25) is 5.91 Å². The van der Waals surface area contributed by atoms with E-state index in [9.17, 15) is 9.59 Å². The Bertz CT molecular complexity index is 419. The van der Waals surface area contributed by atoms with Crippen molar-refractivity contribution in [3.8, 4) is 0 Å². The molecule has 0 aliphatic carbocycles. The van der Waals surface area contributed by atoms with Gasteiger partial charge >= 0.3 is 0 Å². The van der Waals surface area contributed by atoms with Crippen molar-refractivity contribution in [2.24, 2.45) is 0 Å². The fourth-order valence-corrected chi connectivity index (χ4v) is 2.27. The Morgan fingerprint density at radius 2 is 2.17 bits per heavy atom. The minimum atomic E-state index is -0.421. The van der Waals surface area contributed by atoms with Crippen molar-refractivity contribution >= 4 is 12.2 Å². The molecule has 1 aliphatic heterocycles. The van der Waals surface area contributed by atoms with Crippen LogP contribution in [-0.4, -0.2) is 30.8 Å². The summed E-state index contributed by atoms with van der Waals surface area (Å²) in [6.45, 7) is 2.48. The Labute approximate surface area is 107 Å². The third-order valence-corrected chi connectivity index (χ3v) is 3.29. The van der Waals surface area contributed by atoms with Gasteiger partial charge in [-0.25, -0.2) is 0 Å². The molecule has 1 aliphatic rings. The number of nitrogens with one attached hydrogen (secondary N) is 2. The Morgan fingerprint density at radius 3 is 2.83 bits per heavy atom. The first-order valence-electron chi connectivity index (χ1n) is 6.24. The molecular formula is C14H18N2O2. The standard InChI is InChI=1S/C14H18N2O2/c1-10(9-17)16-14(18)13-7-12(8-15-13)11-5-3-2-4-6-11/h2-6,9-10,12-13,15H,7-8H2,1H3,(H,16,18)/t10-,12-,13+/m0/s1. The van der Waals surface area contributed by atoms with Crippen molar-refractivity contribution in [3.63, 3.8) is 0 Å².